The molecule has 7 aromatic heterocycles. The molecule has 336 valence electrons. The van der Waals surface area contributed by atoms with Crippen molar-refractivity contribution in [2.75, 3.05) is 0 Å². The van der Waals surface area contributed by atoms with Gasteiger partial charge >= 0.3 is 0 Å². The van der Waals surface area contributed by atoms with Gasteiger partial charge < -0.3 is 59.6 Å². The molecule has 3 aromatic carbocycles. The van der Waals surface area contributed by atoms with E-state index >= 15 is 0 Å². The molecule has 0 radical (unpaired) electrons. The van der Waals surface area contributed by atoms with Crippen molar-refractivity contribution < 1.29 is 67.9 Å². The van der Waals surface area contributed by atoms with Crippen molar-refractivity contribution in [3.63, 3.8) is 0 Å². The minimum atomic E-state index is 0. The molecule has 8 bridgehead atoms. The fraction of sp³-hybridized carbons (Fsp3) is 0.0714. The van der Waals surface area contributed by atoms with Crippen molar-refractivity contribution in [3.05, 3.63) is 181 Å². The van der Waals surface area contributed by atoms with Crippen LogP contribution in [0, 0.1) is 0 Å². The Hall–Kier alpha value is -7.20. The van der Waals surface area contributed by atoms with Crippen molar-refractivity contribution in [1.29, 1.82) is 0 Å². The predicted molar refractivity (Wildman–Crippen MR) is 258 cm³/mol. The topological polar surface area (TPSA) is 72.9 Å². The van der Waals surface area contributed by atoms with E-state index in [1.54, 1.807) is 0 Å². The maximum absolute atomic E-state index is 5.59. The number of benzene rings is 3. The first-order valence-electron chi connectivity index (χ1n) is 21.6. The van der Waals surface area contributed by atoms with Crippen LogP contribution in [0.4, 0.5) is 0 Å². The number of H-pyrrole nitrogens is 2. The molecule has 2 aliphatic heterocycles. The Morgan fingerprint density at radius 1 is 0.353 bits per heavy atom. The minimum Gasteiger partial charge on any atom is -1.00 e. The van der Waals surface area contributed by atoms with Crippen LogP contribution in [0.15, 0.2) is 158 Å². The second-order valence-corrected chi connectivity index (χ2v) is 17.0. The van der Waals surface area contributed by atoms with E-state index in [1.165, 1.54) is 0 Å². The first-order valence-corrected chi connectivity index (χ1v) is 21.6. The van der Waals surface area contributed by atoms with E-state index in [0.29, 0.717) is 0 Å². The number of halogens is 4. The number of fused-ring (bicyclic) bond motifs is 11. The summed E-state index contributed by atoms with van der Waals surface area (Å²) >= 11 is 0. The smallest absolute Gasteiger partial charge is 0.212 e. The fourth-order valence-electron chi connectivity index (χ4n) is 9.81. The molecule has 10 aromatic rings. The summed E-state index contributed by atoms with van der Waals surface area (Å²) in [5.41, 5.74) is 19.1. The SMILES string of the molecule is C[n+]1cccc(-c2c3ccc([nH]3)c(-c3cc4ccccc4[n+](C)c3)c3nc(c(-c4cc5ccccc5[n+](C)c4)c4nc(c(-c5cc6ccccc6[n+](C)c5)c5ccc2[nH]5)C=C4)C=C3)c1.[Cl-].[Cl-].[Cl-].[Cl-]. The van der Waals surface area contributed by atoms with Gasteiger partial charge in [0, 0.05) is 90.3 Å². The van der Waals surface area contributed by atoms with Crippen LogP contribution in [0.1, 0.15) is 22.8 Å². The molecule has 0 aliphatic carbocycles. The number of hydrogen-bond donors (Lipinski definition) is 2. The summed E-state index contributed by atoms with van der Waals surface area (Å²) in [5, 5.41) is 3.45. The van der Waals surface area contributed by atoms with E-state index in [0.717, 1.165) is 122 Å². The average Bonchev–Trinajstić information content (AvgIpc) is 4.15. The summed E-state index contributed by atoms with van der Waals surface area (Å²) in [5.74, 6) is 0. The van der Waals surface area contributed by atoms with Crippen molar-refractivity contribution in [2.24, 2.45) is 28.2 Å². The van der Waals surface area contributed by atoms with Gasteiger partial charge in [0.05, 0.1) is 39.5 Å². The lowest BCUT2D eigenvalue weighted by atomic mass is 10.0. The molecule has 0 atom stereocenters. The molecule has 0 saturated carbocycles. The minimum absolute atomic E-state index is 0. The lowest BCUT2D eigenvalue weighted by Crippen LogP contribution is -3.00. The number of aromatic nitrogens is 8. The van der Waals surface area contributed by atoms with E-state index in [1.807, 2.05) is 0 Å². The Kier molecular flexibility index (Phi) is 13.1. The van der Waals surface area contributed by atoms with E-state index in [9.17, 15) is 0 Å². The van der Waals surface area contributed by atoms with Crippen molar-refractivity contribution in [1.82, 2.24) is 19.9 Å². The van der Waals surface area contributed by atoms with Gasteiger partial charge in [0.1, 0.15) is 28.2 Å². The number of hydrogen-bond acceptors (Lipinski definition) is 2. The largest absolute Gasteiger partial charge is 1.00 e. The molecule has 68 heavy (non-hydrogen) atoms. The lowest BCUT2D eigenvalue weighted by molar-refractivity contribution is -0.671. The molecule has 0 unspecified atom stereocenters. The van der Waals surface area contributed by atoms with Gasteiger partial charge in [-0.25, -0.2) is 28.2 Å². The van der Waals surface area contributed by atoms with Gasteiger partial charge in [-0.1, -0.05) is 36.4 Å². The third kappa shape index (κ3) is 8.09. The molecule has 2 N–H and O–H groups in total. The monoisotopic (exact) mass is 968 g/mol. The molecule has 0 saturated heterocycles. The maximum Gasteiger partial charge on any atom is 0.212 e. The Morgan fingerprint density at radius 3 is 1.10 bits per heavy atom. The first kappa shape index (κ1) is 47.3. The zero-order chi connectivity index (χ0) is 43.1. The van der Waals surface area contributed by atoms with Crippen molar-refractivity contribution >= 4 is 79.1 Å². The third-order valence-corrected chi connectivity index (χ3v) is 12.7. The molecule has 0 fully saturated rings. The predicted octanol–water partition coefficient (Wildman–Crippen LogP) is -1.90. The fourth-order valence-corrected chi connectivity index (χ4v) is 9.81. The third-order valence-electron chi connectivity index (χ3n) is 12.7. The molecule has 12 heteroatoms. The molecule has 2 aliphatic rings. The molecule has 8 nitrogen and oxygen atoms in total. The lowest BCUT2D eigenvalue weighted by Gasteiger charge is -2.07. The summed E-state index contributed by atoms with van der Waals surface area (Å²) in [6.45, 7) is 0. The van der Waals surface area contributed by atoms with Crippen molar-refractivity contribution in [3.8, 4) is 44.5 Å². The van der Waals surface area contributed by atoms with Gasteiger partial charge in [0.25, 0.3) is 0 Å². The summed E-state index contributed by atoms with van der Waals surface area (Å²) in [6.07, 6.45) is 19.5. The second-order valence-electron chi connectivity index (χ2n) is 17.0. The summed E-state index contributed by atoms with van der Waals surface area (Å²) in [6, 6.07) is 45.5. The van der Waals surface area contributed by atoms with Gasteiger partial charge in [0.15, 0.2) is 31.0 Å². The van der Waals surface area contributed by atoms with Crippen LogP contribution in [0.25, 0.3) is 124 Å². The zero-order valence-electron chi connectivity index (χ0n) is 37.5. The molecule has 0 spiro atoms. The number of rotatable bonds is 4. The number of aromatic amines is 2. The van der Waals surface area contributed by atoms with Crippen molar-refractivity contribution in [2.45, 2.75) is 0 Å². The van der Waals surface area contributed by atoms with Gasteiger partial charge in [-0.15, -0.1) is 0 Å². The van der Waals surface area contributed by atoms with Crippen LogP contribution in [0.3, 0.4) is 0 Å². The number of para-hydroxylation sites is 3. The van der Waals surface area contributed by atoms with Gasteiger partial charge in [0.2, 0.25) is 16.6 Å². The van der Waals surface area contributed by atoms with Crippen LogP contribution in [-0.4, -0.2) is 19.9 Å². The zero-order valence-corrected chi connectivity index (χ0v) is 40.5. The molecule has 0 amide bonds. The Labute approximate surface area is 418 Å². The molecule has 9 heterocycles. The standard InChI is InChI=1S/C56H44N8.4ClH/c1-61-27-11-15-38(31-61)53-42-19-21-44(57-42)54(39-28-35-12-5-8-16-50(35)62(2)32-39)46-23-25-48(59-46)56(41-30-37-14-7-10-18-52(37)64(4)34-41)49-26-24-47(60-49)55(45-22-20-43(53)58-45)40-29-36-13-6-9-17-51(36)63(3)33-40;;;;/h5-34,57-58H,1-4H3;4*1H/q+4;;;;/p-4. The Balaban J connectivity index is 0.00000156. The summed E-state index contributed by atoms with van der Waals surface area (Å²) < 4.78 is 8.71. The highest BCUT2D eigenvalue weighted by atomic mass is 35.5. The number of nitrogens with zero attached hydrogens (tertiary/aromatic N) is 6. The van der Waals surface area contributed by atoms with Crippen LogP contribution < -0.4 is 67.9 Å². The highest BCUT2D eigenvalue weighted by Gasteiger charge is 2.24. The van der Waals surface area contributed by atoms with E-state index in [4.69, 9.17) is 9.97 Å². The van der Waals surface area contributed by atoms with E-state index < -0.39 is 0 Å². The number of pyridine rings is 4. The van der Waals surface area contributed by atoms with Crippen LogP contribution in [0.5, 0.6) is 0 Å². The molecular weight excluding hydrogens is 926 g/mol. The Morgan fingerprint density at radius 2 is 0.706 bits per heavy atom. The number of aryl methyl sites for hydroxylation is 4. The van der Waals surface area contributed by atoms with Crippen LogP contribution in [0.2, 0.25) is 0 Å². The normalized spacial score (nSPS) is 11.5. The summed E-state index contributed by atoms with van der Waals surface area (Å²) in [7, 11) is 8.41. The van der Waals surface area contributed by atoms with Gasteiger partial charge in [-0.3, -0.25) is 0 Å². The van der Waals surface area contributed by atoms with E-state index in [-0.39, 0.29) is 49.6 Å². The van der Waals surface area contributed by atoms with Gasteiger partial charge in [-0.05, 0) is 91.0 Å². The van der Waals surface area contributed by atoms with Crippen LogP contribution >= 0.6 is 0 Å². The Bertz CT molecular complexity index is 3690. The first-order chi connectivity index (χ1) is 31.3. The van der Waals surface area contributed by atoms with Gasteiger partial charge in [-0.2, -0.15) is 0 Å². The van der Waals surface area contributed by atoms with Crippen LogP contribution in [-0.2, 0) is 28.2 Å². The highest BCUT2D eigenvalue weighted by molar-refractivity contribution is 6.01. The maximum atomic E-state index is 5.59. The second kappa shape index (κ2) is 18.8. The molecule has 12 rings (SSSR count). The van der Waals surface area contributed by atoms with E-state index in [2.05, 4.69) is 239 Å². The summed E-state index contributed by atoms with van der Waals surface area (Å²) in [4.78, 5) is 19.0. The average molecular weight is 971 g/mol. The quantitative estimate of drug-likeness (QED) is 0.203. The number of nitrogens with one attached hydrogen (secondary N) is 2. The molecular formula is C56H44Cl4N8. The highest BCUT2D eigenvalue weighted by Crippen LogP contribution is 2.39.